The van der Waals surface area contributed by atoms with Crippen LogP contribution in [0.3, 0.4) is 0 Å². The minimum atomic E-state index is 0.281. The number of rotatable bonds is 4. The van der Waals surface area contributed by atoms with E-state index in [1.54, 1.807) is 11.8 Å². The van der Waals surface area contributed by atoms with Gasteiger partial charge in [-0.1, -0.05) is 35.9 Å². The molecule has 0 aliphatic carbocycles. The smallest absolute Gasteiger partial charge is 0.145 e. The van der Waals surface area contributed by atoms with Crippen LogP contribution < -0.4 is 0 Å². The normalized spacial score (nSPS) is 10.4. The second kappa shape index (κ2) is 5.87. The summed E-state index contributed by atoms with van der Waals surface area (Å²) in [5.41, 5.74) is 3.25. The maximum atomic E-state index is 9.12. The van der Waals surface area contributed by atoms with Gasteiger partial charge >= 0.3 is 0 Å². The molecule has 0 aliphatic rings. The van der Waals surface area contributed by atoms with Gasteiger partial charge in [-0.25, -0.2) is 4.68 Å². The molecule has 0 radical (unpaired) electrons. The first-order valence-electron chi connectivity index (χ1n) is 5.86. The van der Waals surface area contributed by atoms with Gasteiger partial charge < -0.3 is 4.74 Å². The second-order valence-electron chi connectivity index (χ2n) is 4.24. The Bertz CT molecular complexity index is 628. The van der Waals surface area contributed by atoms with Crippen molar-refractivity contribution in [1.82, 2.24) is 9.78 Å². The Balaban J connectivity index is 2.36. The molecule has 19 heavy (non-hydrogen) atoms. The number of ether oxygens (including phenoxy) is 1. The molecular weight excluding hydrogens is 262 g/mol. The van der Waals surface area contributed by atoms with Crippen LogP contribution in [-0.4, -0.2) is 16.9 Å². The maximum Gasteiger partial charge on any atom is 0.145 e. The predicted octanol–water partition coefficient (Wildman–Crippen LogP) is 2.91. The highest BCUT2D eigenvalue weighted by molar-refractivity contribution is 6.30. The fourth-order valence-electron chi connectivity index (χ4n) is 1.89. The number of hydrogen-bond acceptors (Lipinski definition) is 3. The second-order valence-corrected chi connectivity index (χ2v) is 4.60. The summed E-state index contributed by atoms with van der Waals surface area (Å²) in [4.78, 5) is 0. The lowest BCUT2D eigenvalue weighted by molar-refractivity contribution is 0.180. The SMILES string of the molecule is COCc1nn(Cc2ccccc2C)c(Cl)c1C#N. The van der Waals surface area contributed by atoms with Gasteiger partial charge in [0, 0.05) is 7.11 Å². The lowest BCUT2D eigenvalue weighted by Crippen LogP contribution is -2.04. The summed E-state index contributed by atoms with van der Waals surface area (Å²) in [5, 5.41) is 13.8. The Morgan fingerprint density at radius 3 is 2.79 bits per heavy atom. The van der Waals surface area contributed by atoms with E-state index < -0.39 is 0 Å². The predicted molar refractivity (Wildman–Crippen MR) is 72.9 cm³/mol. The number of aromatic nitrogens is 2. The van der Waals surface area contributed by atoms with E-state index in [2.05, 4.69) is 11.2 Å². The van der Waals surface area contributed by atoms with Gasteiger partial charge in [-0.3, -0.25) is 0 Å². The van der Waals surface area contributed by atoms with Gasteiger partial charge in [0.1, 0.15) is 22.5 Å². The fraction of sp³-hybridized carbons (Fsp3) is 0.286. The van der Waals surface area contributed by atoms with E-state index >= 15 is 0 Å². The quantitative estimate of drug-likeness (QED) is 0.862. The number of nitrogens with zero attached hydrogens (tertiary/aromatic N) is 3. The molecule has 1 aromatic carbocycles. The van der Waals surface area contributed by atoms with Crippen molar-refractivity contribution in [3.8, 4) is 6.07 Å². The Morgan fingerprint density at radius 2 is 2.16 bits per heavy atom. The van der Waals surface area contributed by atoms with Gasteiger partial charge in [0.2, 0.25) is 0 Å². The fourth-order valence-corrected chi connectivity index (χ4v) is 2.14. The van der Waals surface area contributed by atoms with Gasteiger partial charge in [0.05, 0.1) is 13.2 Å². The van der Waals surface area contributed by atoms with E-state index in [0.29, 0.717) is 23.0 Å². The molecule has 98 valence electrons. The van der Waals surface area contributed by atoms with Crippen LogP contribution in [0, 0.1) is 18.3 Å². The summed E-state index contributed by atoms with van der Waals surface area (Å²) in [6.07, 6.45) is 0. The zero-order valence-corrected chi connectivity index (χ0v) is 11.6. The highest BCUT2D eigenvalue weighted by Gasteiger charge is 2.16. The first-order valence-corrected chi connectivity index (χ1v) is 6.24. The van der Waals surface area contributed by atoms with Crippen molar-refractivity contribution in [3.63, 3.8) is 0 Å². The molecule has 0 atom stereocenters. The molecule has 0 spiro atoms. The molecule has 1 aromatic heterocycles. The molecule has 5 heteroatoms. The van der Waals surface area contributed by atoms with Crippen LogP contribution in [0.25, 0.3) is 0 Å². The van der Waals surface area contributed by atoms with Crippen molar-refractivity contribution < 1.29 is 4.74 Å². The molecular formula is C14H14ClN3O. The summed E-state index contributed by atoms with van der Waals surface area (Å²) in [6, 6.07) is 10.1. The summed E-state index contributed by atoms with van der Waals surface area (Å²) in [5.74, 6) is 0. The highest BCUT2D eigenvalue weighted by Crippen LogP contribution is 2.21. The monoisotopic (exact) mass is 275 g/mol. The van der Waals surface area contributed by atoms with E-state index in [0.717, 1.165) is 5.56 Å². The molecule has 0 N–H and O–H groups in total. The number of hydrogen-bond donors (Lipinski definition) is 0. The van der Waals surface area contributed by atoms with E-state index in [9.17, 15) is 0 Å². The van der Waals surface area contributed by atoms with Crippen LogP contribution >= 0.6 is 11.6 Å². The van der Waals surface area contributed by atoms with Crippen LogP contribution in [0.1, 0.15) is 22.4 Å². The average Bonchev–Trinajstić information content (AvgIpc) is 2.69. The third kappa shape index (κ3) is 2.78. The summed E-state index contributed by atoms with van der Waals surface area (Å²) < 4.78 is 6.66. The highest BCUT2D eigenvalue weighted by atomic mass is 35.5. The van der Waals surface area contributed by atoms with Crippen molar-refractivity contribution in [2.45, 2.75) is 20.1 Å². The minimum Gasteiger partial charge on any atom is -0.378 e. The first-order chi connectivity index (χ1) is 9.17. The zero-order chi connectivity index (χ0) is 13.8. The lowest BCUT2D eigenvalue weighted by Gasteiger charge is -2.06. The standard InChI is InChI=1S/C14H14ClN3O/c1-10-5-3-4-6-11(10)8-18-14(15)12(7-16)13(17-18)9-19-2/h3-6H,8-9H2,1-2H3. The van der Waals surface area contributed by atoms with Crippen molar-refractivity contribution >= 4 is 11.6 Å². The molecule has 1 heterocycles. The Kier molecular flexibility index (Phi) is 4.20. The molecule has 0 unspecified atom stereocenters. The van der Waals surface area contributed by atoms with Crippen LogP contribution in [0.5, 0.6) is 0 Å². The third-order valence-corrected chi connectivity index (χ3v) is 3.32. The number of halogens is 1. The number of aryl methyl sites for hydroxylation is 1. The van der Waals surface area contributed by atoms with Crippen LogP contribution in [0.4, 0.5) is 0 Å². The molecule has 0 aliphatic heterocycles. The molecule has 0 saturated heterocycles. The topological polar surface area (TPSA) is 50.8 Å². The Labute approximate surface area is 117 Å². The van der Waals surface area contributed by atoms with Crippen molar-refractivity contribution in [3.05, 3.63) is 51.8 Å². The molecule has 0 amide bonds. The number of methoxy groups -OCH3 is 1. The van der Waals surface area contributed by atoms with E-state index in [1.807, 2.05) is 31.2 Å². The van der Waals surface area contributed by atoms with Crippen LogP contribution in [0.15, 0.2) is 24.3 Å². The summed E-state index contributed by atoms with van der Waals surface area (Å²) >= 11 is 6.19. The lowest BCUT2D eigenvalue weighted by atomic mass is 10.1. The Morgan fingerprint density at radius 1 is 1.42 bits per heavy atom. The zero-order valence-electron chi connectivity index (χ0n) is 10.9. The van der Waals surface area contributed by atoms with E-state index in [-0.39, 0.29) is 6.61 Å². The molecule has 0 fully saturated rings. The van der Waals surface area contributed by atoms with Crippen molar-refractivity contribution in [2.75, 3.05) is 7.11 Å². The molecule has 0 bridgehead atoms. The van der Waals surface area contributed by atoms with Crippen molar-refractivity contribution in [1.29, 1.82) is 5.26 Å². The molecule has 4 nitrogen and oxygen atoms in total. The van der Waals surface area contributed by atoms with Crippen molar-refractivity contribution in [2.24, 2.45) is 0 Å². The summed E-state index contributed by atoms with van der Waals surface area (Å²) in [7, 11) is 1.56. The largest absolute Gasteiger partial charge is 0.378 e. The minimum absolute atomic E-state index is 0.281. The van der Waals surface area contributed by atoms with Gasteiger partial charge in [-0.2, -0.15) is 10.4 Å². The number of benzene rings is 1. The molecule has 0 saturated carbocycles. The molecule has 2 aromatic rings. The Hall–Kier alpha value is -1.83. The van der Waals surface area contributed by atoms with Gasteiger partial charge in [0.15, 0.2) is 0 Å². The maximum absolute atomic E-state index is 9.12. The van der Waals surface area contributed by atoms with Gasteiger partial charge in [-0.05, 0) is 18.1 Å². The summed E-state index contributed by atoms with van der Waals surface area (Å²) in [6.45, 7) is 2.86. The van der Waals surface area contributed by atoms with Gasteiger partial charge in [-0.15, -0.1) is 0 Å². The van der Waals surface area contributed by atoms with E-state index in [1.165, 1.54) is 5.56 Å². The molecule has 2 rings (SSSR count). The average molecular weight is 276 g/mol. The number of nitriles is 1. The van der Waals surface area contributed by atoms with E-state index in [4.69, 9.17) is 21.6 Å². The van der Waals surface area contributed by atoms with Gasteiger partial charge in [0.25, 0.3) is 0 Å². The third-order valence-electron chi connectivity index (χ3n) is 2.94. The van der Waals surface area contributed by atoms with Crippen LogP contribution in [0.2, 0.25) is 5.15 Å². The van der Waals surface area contributed by atoms with Crippen LogP contribution in [-0.2, 0) is 17.9 Å². The first kappa shape index (κ1) is 13.6.